The van der Waals surface area contributed by atoms with Gasteiger partial charge in [0.2, 0.25) is 5.76 Å². The second-order valence-corrected chi connectivity index (χ2v) is 1.26. The second-order valence-electron chi connectivity index (χ2n) is 1.26. The maximum absolute atomic E-state index is 10.1. The van der Waals surface area contributed by atoms with Gasteiger partial charge in [0.15, 0.2) is 0 Å². The topological polar surface area (TPSA) is 63.6 Å². The minimum atomic E-state index is -1.30. The smallest absolute Gasteiger partial charge is 0.371 e. The monoisotopic (exact) mass is 142 g/mol. The van der Waals surface area contributed by atoms with Gasteiger partial charge in [-0.25, -0.2) is 4.79 Å². The van der Waals surface area contributed by atoms with Gasteiger partial charge in [0.05, 0.1) is 6.26 Å². The first-order chi connectivity index (χ1) is 4.72. The van der Waals surface area contributed by atoms with E-state index in [0.29, 0.717) is 6.29 Å². The molecule has 0 atom stereocenters. The number of carboxylic acid groups (broad SMARTS) is 1. The van der Waals surface area contributed by atoms with Crippen LogP contribution >= 0.6 is 0 Å². The van der Waals surface area contributed by atoms with Crippen molar-refractivity contribution in [3.05, 3.63) is 24.7 Å². The summed E-state index contributed by atoms with van der Waals surface area (Å²) in [4.78, 5) is 19.8. The van der Waals surface area contributed by atoms with Crippen molar-refractivity contribution < 1.29 is 19.4 Å². The van der Waals surface area contributed by atoms with E-state index in [0.717, 1.165) is 12.3 Å². The molecule has 0 aliphatic heterocycles. The Balaban J connectivity index is 4.24. The molecule has 10 heavy (non-hydrogen) atoms. The molecule has 0 fully saturated rings. The highest BCUT2D eigenvalue weighted by Crippen LogP contribution is 1.95. The molecular formula is C6H6O4. The number of hydrogen-bond donors (Lipinski definition) is 1. The van der Waals surface area contributed by atoms with Crippen LogP contribution in [0.1, 0.15) is 0 Å². The predicted molar refractivity (Wildman–Crippen MR) is 33.1 cm³/mol. The van der Waals surface area contributed by atoms with Crippen LogP contribution in [0.4, 0.5) is 0 Å². The Morgan fingerprint density at radius 2 is 2.20 bits per heavy atom. The molecular weight excluding hydrogens is 136 g/mol. The third kappa shape index (κ3) is 2.66. The highest BCUT2D eigenvalue weighted by Gasteiger charge is 2.04. The lowest BCUT2D eigenvalue weighted by Gasteiger charge is -1.95. The molecule has 4 nitrogen and oxygen atoms in total. The number of carbonyl (C=O) groups is 2. The summed E-state index contributed by atoms with van der Waals surface area (Å²) in [5.41, 5.74) is 0. The van der Waals surface area contributed by atoms with Gasteiger partial charge in [-0.1, -0.05) is 6.58 Å². The number of hydrogen-bond acceptors (Lipinski definition) is 3. The lowest BCUT2D eigenvalue weighted by atomic mass is 10.5. The summed E-state index contributed by atoms with van der Waals surface area (Å²) in [6.45, 7) is 3.12. The average molecular weight is 142 g/mol. The molecule has 0 saturated carbocycles. The highest BCUT2D eigenvalue weighted by molar-refractivity contribution is 5.89. The lowest BCUT2D eigenvalue weighted by Crippen LogP contribution is -2.01. The molecule has 54 valence electrons. The lowest BCUT2D eigenvalue weighted by molar-refractivity contribution is -0.135. The van der Waals surface area contributed by atoms with Gasteiger partial charge in [-0.2, -0.15) is 0 Å². The zero-order valence-corrected chi connectivity index (χ0v) is 5.11. The number of carboxylic acids is 1. The molecule has 0 bridgehead atoms. The van der Waals surface area contributed by atoms with Crippen LogP contribution in [0.15, 0.2) is 24.7 Å². The summed E-state index contributed by atoms with van der Waals surface area (Å²) in [7, 11) is 0. The van der Waals surface area contributed by atoms with Crippen LogP contribution in [0, 0.1) is 0 Å². The zero-order valence-electron chi connectivity index (χ0n) is 5.11. The average Bonchev–Trinajstić information content (AvgIpc) is 1.87. The van der Waals surface area contributed by atoms with E-state index in [1.807, 2.05) is 0 Å². The van der Waals surface area contributed by atoms with E-state index in [2.05, 4.69) is 11.3 Å². The molecule has 0 aliphatic carbocycles. The van der Waals surface area contributed by atoms with Crippen molar-refractivity contribution in [3.8, 4) is 0 Å². The fraction of sp³-hybridized carbons (Fsp3) is 0. The third-order valence-electron chi connectivity index (χ3n) is 0.641. The molecule has 0 rings (SSSR count). The molecule has 0 unspecified atom stereocenters. The van der Waals surface area contributed by atoms with Crippen LogP contribution in [-0.4, -0.2) is 17.4 Å². The molecule has 1 N–H and O–H groups in total. The van der Waals surface area contributed by atoms with E-state index < -0.39 is 11.7 Å². The molecule has 0 saturated heterocycles. The Labute approximate surface area is 57.4 Å². The molecule has 0 heterocycles. The molecule has 0 aliphatic rings. The van der Waals surface area contributed by atoms with Gasteiger partial charge in [-0.3, -0.25) is 4.79 Å². The number of carbonyl (C=O) groups excluding carboxylic acids is 1. The van der Waals surface area contributed by atoms with Crippen molar-refractivity contribution in [2.45, 2.75) is 0 Å². The predicted octanol–water partition coefficient (Wildman–Crippen LogP) is 0.314. The zero-order chi connectivity index (χ0) is 7.98. The van der Waals surface area contributed by atoms with Gasteiger partial charge < -0.3 is 9.84 Å². The number of rotatable bonds is 4. The van der Waals surface area contributed by atoms with Crippen molar-refractivity contribution in [2.75, 3.05) is 0 Å². The Hall–Kier alpha value is -1.58. The number of ether oxygens (including phenoxy) is 1. The molecule has 0 aromatic heterocycles. The van der Waals surface area contributed by atoms with Crippen LogP contribution in [0.3, 0.4) is 0 Å². The maximum atomic E-state index is 10.1. The third-order valence-corrected chi connectivity index (χ3v) is 0.641. The summed E-state index contributed by atoms with van der Waals surface area (Å²) >= 11 is 0. The first-order valence-corrected chi connectivity index (χ1v) is 2.38. The van der Waals surface area contributed by atoms with E-state index in [1.54, 1.807) is 0 Å². The molecule has 0 aromatic carbocycles. The highest BCUT2D eigenvalue weighted by atomic mass is 16.5. The normalized spacial score (nSPS) is 10.2. The van der Waals surface area contributed by atoms with Crippen LogP contribution in [0.5, 0.6) is 0 Å². The van der Waals surface area contributed by atoms with Gasteiger partial charge in [0.1, 0.15) is 6.29 Å². The van der Waals surface area contributed by atoms with Gasteiger partial charge >= 0.3 is 5.97 Å². The summed E-state index contributed by atoms with van der Waals surface area (Å²) in [6.07, 6.45) is 2.06. The van der Waals surface area contributed by atoms with Crippen LogP contribution in [-0.2, 0) is 14.3 Å². The number of aliphatic carboxylic acids is 1. The summed E-state index contributed by atoms with van der Waals surface area (Å²) in [6, 6.07) is 0. The summed E-state index contributed by atoms with van der Waals surface area (Å²) in [5, 5.41) is 8.24. The van der Waals surface area contributed by atoms with Crippen molar-refractivity contribution in [1.82, 2.24) is 0 Å². The van der Waals surface area contributed by atoms with Crippen molar-refractivity contribution in [2.24, 2.45) is 0 Å². The van der Waals surface area contributed by atoms with E-state index in [4.69, 9.17) is 5.11 Å². The second kappa shape index (κ2) is 4.31. The largest absolute Gasteiger partial charge is 0.475 e. The Morgan fingerprint density at radius 1 is 1.60 bits per heavy atom. The number of aldehydes is 1. The SMILES string of the molecule is C=CO/C(=C\C=O)C(=O)O. The van der Waals surface area contributed by atoms with Crippen LogP contribution in [0.25, 0.3) is 0 Å². The van der Waals surface area contributed by atoms with E-state index in [1.165, 1.54) is 0 Å². The van der Waals surface area contributed by atoms with Crippen molar-refractivity contribution in [3.63, 3.8) is 0 Å². The number of allylic oxidation sites excluding steroid dienone is 1. The Morgan fingerprint density at radius 3 is 2.50 bits per heavy atom. The quantitative estimate of drug-likeness (QED) is 0.348. The van der Waals surface area contributed by atoms with Crippen LogP contribution in [0.2, 0.25) is 0 Å². The van der Waals surface area contributed by atoms with Crippen molar-refractivity contribution >= 4 is 12.3 Å². The Kier molecular flexibility index (Phi) is 3.63. The van der Waals surface area contributed by atoms with E-state index in [-0.39, 0.29) is 0 Å². The standard InChI is InChI=1S/C6H6O4/c1-2-10-5(3-4-7)6(8)9/h2-4H,1H2,(H,8,9)/b5-3-. The van der Waals surface area contributed by atoms with Gasteiger partial charge in [0.25, 0.3) is 0 Å². The van der Waals surface area contributed by atoms with Gasteiger partial charge in [-0.05, 0) is 0 Å². The molecule has 0 aromatic rings. The first-order valence-electron chi connectivity index (χ1n) is 2.38. The van der Waals surface area contributed by atoms with Gasteiger partial charge in [0, 0.05) is 6.08 Å². The maximum Gasteiger partial charge on any atom is 0.371 e. The summed E-state index contributed by atoms with van der Waals surface area (Å²) < 4.78 is 4.34. The molecule has 0 spiro atoms. The summed E-state index contributed by atoms with van der Waals surface area (Å²) in [5.74, 6) is -1.74. The van der Waals surface area contributed by atoms with Gasteiger partial charge in [-0.15, -0.1) is 0 Å². The first kappa shape index (κ1) is 8.42. The fourth-order valence-corrected chi connectivity index (χ4v) is 0.313. The molecule has 0 radical (unpaired) electrons. The molecule has 4 heteroatoms. The van der Waals surface area contributed by atoms with E-state index >= 15 is 0 Å². The van der Waals surface area contributed by atoms with Crippen molar-refractivity contribution in [1.29, 1.82) is 0 Å². The van der Waals surface area contributed by atoms with E-state index in [9.17, 15) is 9.59 Å². The minimum Gasteiger partial charge on any atom is -0.475 e. The Bertz CT molecular complexity index is 180. The fourth-order valence-electron chi connectivity index (χ4n) is 0.313. The minimum absolute atomic E-state index is 0.326. The van der Waals surface area contributed by atoms with Crippen LogP contribution < -0.4 is 0 Å². The molecule has 0 amide bonds.